The van der Waals surface area contributed by atoms with E-state index in [2.05, 4.69) is 13.8 Å². The van der Waals surface area contributed by atoms with Crippen molar-refractivity contribution < 1.29 is 18.3 Å². The molecule has 2 aromatic carbocycles. The maximum absolute atomic E-state index is 15.0. The summed E-state index contributed by atoms with van der Waals surface area (Å²) >= 11 is 0. The zero-order chi connectivity index (χ0) is 23.5. The quantitative estimate of drug-likeness (QED) is 0.623. The van der Waals surface area contributed by atoms with Crippen molar-refractivity contribution in [2.75, 3.05) is 26.7 Å². The second-order valence-electron chi connectivity index (χ2n) is 9.66. The third kappa shape index (κ3) is 5.64. The van der Waals surface area contributed by atoms with Crippen molar-refractivity contribution in [2.24, 2.45) is 5.92 Å². The molecular weight excluding hydrogens is 424 g/mol. The van der Waals surface area contributed by atoms with Crippen LogP contribution in [0.3, 0.4) is 0 Å². The standard InChI is InChI=1S/C26H33F2N3O2/c1-18(2)17-33-23-8-4-19(5-9-23)13-30-14-20-6-7-22(27)12-21(20)15-31(26(30)32)25-10-11-29(3)16-24(25)28/h4-9,12,18,24-25H,10-11,13-17H2,1-3H3. The number of amides is 2. The molecule has 2 aliphatic rings. The van der Waals surface area contributed by atoms with Crippen LogP contribution in [0.4, 0.5) is 13.6 Å². The Labute approximate surface area is 194 Å². The molecule has 2 aliphatic heterocycles. The molecular formula is C26H33F2N3O2. The lowest BCUT2D eigenvalue weighted by Crippen LogP contribution is -2.55. The van der Waals surface area contributed by atoms with Crippen LogP contribution in [0.1, 0.15) is 37.0 Å². The summed E-state index contributed by atoms with van der Waals surface area (Å²) in [5.41, 5.74) is 2.60. The number of likely N-dealkylation sites (tertiary alicyclic amines) is 1. The Morgan fingerprint density at radius 2 is 1.85 bits per heavy atom. The van der Waals surface area contributed by atoms with E-state index in [9.17, 15) is 9.18 Å². The number of alkyl halides is 1. The number of hydrogen-bond acceptors (Lipinski definition) is 3. The summed E-state index contributed by atoms with van der Waals surface area (Å²) in [4.78, 5) is 18.9. The molecule has 0 aromatic heterocycles. The van der Waals surface area contributed by atoms with E-state index < -0.39 is 12.2 Å². The third-order valence-corrected chi connectivity index (χ3v) is 6.38. The van der Waals surface area contributed by atoms with Gasteiger partial charge in [-0.1, -0.05) is 32.0 Å². The zero-order valence-corrected chi connectivity index (χ0v) is 19.6. The minimum Gasteiger partial charge on any atom is -0.493 e. The van der Waals surface area contributed by atoms with E-state index in [1.165, 1.54) is 12.1 Å². The second kappa shape index (κ2) is 10.1. The molecule has 2 atom stereocenters. The third-order valence-electron chi connectivity index (χ3n) is 6.38. The van der Waals surface area contributed by atoms with Gasteiger partial charge in [0.1, 0.15) is 17.7 Å². The number of hydrogen-bond donors (Lipinski definition) is 0. The SMILES string of the molecule is CC(C)COc1ccc(CN2Cc3ccc(F)cc3CN(C3CCN(C)CC3F)C2=O)cc1. The Balaban J connectivity index is 1.57. The van der Waals surface area contributed by atoms with Crippen LogP contribution >= 0.6 is 0 Å². The van der Waals surface area contributed by atoms with E-state index in [1.807, 2.05) is 36.2 Å². The van der Waals surface area contributed by atoms with Gasteiger partial charge < -0.3 is 19.4 Å². The van der Waals surface area contributed by atoms with Crippen LogP contribution in [0.15, 0.2) is 42.5 Å². The van der Waals surface area contributed by atoms with Gasteiger partial charge in [0.05, 0.1) is 12.6 Å². The summed E-state index contributed by atoms with van der Waals surface area (Å²) in [7, 11) is 1.89. The van der Waals surface area contributed by atoms with Crippen LogP contribution in [0.5, 0.6) is 5.75 Å². The van der Waals surface area contributed by atoms with Gasteiger partial charge in [0.25, 0.3) is 0 Å². The van der Waals surface area contributed by atoms with Crippen molar-refractivity contribution in [1.82, 2.24) is 14.7 Å². The average Bonchev–Trinajstić information content (AvgIpc) is 2.90. The highest BCUT2D eigenvalue weighted by molar-refractivity contribution is 5.76. The van der Waals surface area contributed by atoms with Gasteiger partial charge in [0, 0.05) is 32.7 Å². The van der Waals surface area contributed by atoms with Crippen molar-refractivity contribution in [3.8, 4) is 5.75 Å². The summed E-state index contributed by atoms with van der Waals surface area (Å²) in [6.07, 6.45) is -0.578. The molecule has 1 fully saturated rings. The molecule has 0 bridgehead atoms. The lowest BCUT2D eigenvalue weighted by molar-refractivity contribution is 0.0461. The first kappa shape index (κ1) is 23.5. The summed E-state index contributed by atoms with van der Waals surface area (Å²) in [6, 6.07) is 11.6. The highest BCUT2D eigenvalue weighted by atomic mass is 19.1. The molecule has 4 rings (SSSR count). The van der Waals surface area contributed by atoms with E-state index >= 15 is 4.39 Å². The largest absolute Gasteiger partial charge is 0.493 e. The Morgan fingerprint density at radius 1 is 1.09 bits per heavy atom. The Morgan fingerprint density at radius 3 is 2.55 bits per heavy atom. The number of nitrogens with zero attached hydrogens (tertiary/aromatic N) is 3. The van der Waals surface area contributed by atoms with Gasteiger partial charge in [-0.15, -0.1) is 0 Å². The van der Waals surface area contributed by atoms with Gasteiger partial charge in [0.15, 0.2) is 0 Å². The molecule has 1 saturated heterocycles. The molecule has 2 unspecified atom stereocenters. The van der Waals surface area contributed by atoms with Crippen molar-refractivity contribution in [3.05, 3.63) is 65.0 Å². The highest BCUT2D eigenvalue weighted by Crippen LogP contribution is 2.29. The van der Waals surface area contributed by atoms with Crippen molar-refractivity contribution in [3.63, 3.8) is 0 Å². The van der Waals surface area contributed by atoms with Crippen LogP contribution in [0, 0.1) is 11.7 Å². The van der Waals surface area contributed by atoms with Gasteiger partial charge in [-0.2, -0.15) is 0 Å². The number of fused-ring (bicyclic) bond motifs is 1. The first-order valence-corrected chi connectivity index (χ1v) is 11.7. The average molecular weight is 458 g/mol. The predicted octanol–water partition coefficient (Wildman–Crippen LogP) is 4.84. The number of rotatable bonds is 6. The van der Waals surface area contributed by atoms with E-state index in [0.717, 1.165) is 29.0 Å². The van der Waals surface area contributed by atoms with E-state index in [0.29, 0.717) is 38.6 Å². The maximum Gasteiger partial charge on any atom is 0.321 e. The van der Waals surface area contributed by atoms with E-state index in [1.54, 1.807) is 15.9 Å². The lowest BCUT2D eigenvalue weighted by Gasteiger charge is -2.40. The minimum absolute atomic E-state index is 0.205. The Bertz CT molecular complexity index is 967. The lowest BCUT2D eigenvalue weighted by atomic mass is 10.0. The molecule has 5 nitrogen and oxygen atoms in total. The summed E-state index contributed by atoms with van der Waals surface area (Å²) in [5.74, 6) is 0.893. The fraction of sp³-hybridized carbons (Fsp3) is 0.500. The van der Waals surface area contributed by atoms with Crippen molar-refractivity contribution >= 4 is 6.03 Å². The number of piperidine rings is 1. The first-order valence-electron chi connectivity index (χ1n) is 11.7. The van der Waals surface area contributed by atoms with Crippen molar-refractivity contribution in [1.29, 1.82) is 0 Å². The highest BCUT2D eigenvalue weighted by Gasteiger charge is 2.38. The second-order valence-corrected chi connectivity index (χ2v) is 9.66. The molecule has 0 N–H and O–H groups in total. The number of carbonyl (C=O) groups excluding carboxylic acids is 1. The van der Waals surface area contributed by atoms with Crippen LogP contribution < -0.4 is 4.74 Å². The fourth-order valence-electron chi connectivity index (χ4n) is 4.55. The molecule has 33 heavy (non-hydrogen) atoms. The van der Waals surface area contributed by atoms with Gasteiger partial charge >= 0.3 is 6.03 Å². The maximum atomic E-state index is 15.0. The van der Waals surface area contributed by atoms with Gasteiger partial charge in [-0.3, -0.25) is 0 Å². The first-order chi connectivity index (χ1) is 15.8. The van der Waals surface area contributed by atoms with E-state index in [-0.39, 0.29) is 18.4 Å². The monoisotopic (exact) mass is 457 g/mol. The number of urea groups is 1. The summed E-state index contributed by atoms with van der Waals surface area (Å²) in [6.45, 7) is 6.83. The molecule has 2 heterocycles. The summed E-state index contributed by atoms with van der Waals surface area (Å²) in [5, 5.41) is 0. The number of carbonyl (C=O) groups is 1. The van der Waals surface area contributed by atoms with Crippen LogP contribution in [0.2, 0.25) is 0 Å². The fourth-order valence-corrected chi connectivity index (χ4v) is 4.55. The van der Waals surface area contributed by atoms with Crippen molar-refractivity contribution in [2.45, 2.75) is 52.1 Å². The van der Waals surface area contributed by atoms with Gasteiger partial charge in [-0.25, -0.2) is 13.6 Å². The minimum atomic E-state index is -1.14. The normalized spacial score (nSPS) is 21.8. The topological polar surface area (TPSA) is 36.0 Å². The number of benzene rings is 2. The Kier molecular flexibility index (Phi) is 7.17. The Hall–Kier alpha value is -2.67. The molecule has 0 radical (unpaired) electrons. The molecule has 0 saturated carbocycles. The molecule has 7 heteroatoms. The molecule has 2 aromatic rings. The van der Waals surface area contributed by atoms with Gasteiger partial charge in [0.2, 0.25) is 0 Å². The zero-order valence-electron chi connectivity index (χ0n) is 19.6. The predicted molar refractivity (Wildman–Crippen MR) is 124 cm³/mol. The van der Waals surface area contributed by atoms with Gasteiger partial charge in [-0.05, 0) is 60.3 Å². The van der Waals surface area contributed by atoms with Crippen LogP contribution in [0.25, 0.3) is 0 Å². The van der Waals surface area contributed by atoms with Crippen LogP contribution in [-0.2, 0) is 19.6 Å². The number of halogens is 2. The number of ether oxygens (including phenoxy) is 1. The molecule has 0 spiro atoms. The molecule has 2 amide bonds. The van der Waals surface area contributed by atoms with Crippen LogP contribution in [-0.4, -0.2) is 59.7 Å². The summed E-state index contributed by atoms with van der Waals surface area (Å²) < 4.78 is 34.8. The molecule has 178 valence electrons. The molecule has 0 aliphatic carbocycles. The smallest absolute Gasteiger partial charge is 0.321 e. The van der Waals surface area contributed by atoms with E-state index in [4.69, 9.17) is 4.74 Å².